The Hall–Kier alpha value is -4.22. The molecule has 0 saturated carbocycles. The number of aliphatic hydroxyl groups is 1. The summed E-state index contributed by atoms with van der Waals surface area (Å²) in [5.74, 6) is -0.558. The monoisotopic (exact) mass is 578 g/mol. The second-order valence-electron chi connectivity index (χ2n) is 10.3. The van der Waals surface area contributed by atoms with Crippen molar-refractivity contribution in [2.24, 2.45) is 7.05 Å². The maximum absolute atomic E-state index is 13.4. The fourth-order valence-electron chi connectivity index (χ4n) is 5.19. The van der Waals surface area contributed by atoms with Crippen LogP contribution in [0.15, 0.2) is 53.6 Å². The summed E-state index contributed by atoms with van der Waals surface area (Å²) >= 11 is 6.44. The van der Waals surface area contributed by atoms with Gasteiger partial charge in [0.25, 0.3) is 5.56 Å². The van der Waals surface area contributed by atoms with E-state index in [4.69, 9.17) is 16.3 Å². The van der Waals surface area contributed by atoms with Gasteiger partial charge in [0, 0.05) is 39.2 Å². The standard InChI is InChI=1S/C29H31ClN6O5/c1-18(37)31-15-19-4-6-20(7-5-19)26-24-25(33-34(26)2)27(38)36(17-32-24)16-29(40)10-12-35(13-11-29)23-9-8-21(14-22(23)30)28(39)41-3/h4-9,14,17,40H,10-13,15-16H2,1-3H3,(H,31,37). The van der Waals surface area contributed by atoms with Gasteiger partial charge in [0.1, 0.15) is 5.52 Å². The van der Waals surface area contributed by atoms with E-state index in [0.29, 0.717) is 54.3 Å². The molecule has 0 unspecified atom stereocenters. The predicted octanol–water partition coefficient (Wildman–Crippen LogP) is 2.90. The summed E-state index contributed by atoms with van der Waals surface area (Å²) in [6.45, 7) is 3.02. The first-order valence-electron chi connectivity index (χ1n) is 13.2. The first kappa shape index (κ1) is 28.3. The number of amides is 1. The molecule has 12 heteroatoms. The molecule has 2 N–H and O–H groups in total. The Morgan fingerprint density at radius 1 is 1.12 bits per heavy atom. The van der Waals surface area contributed by atoms with Gasteiger partial charge in [-0.05, 0) is 36.6 Å². The third-order valence-corrected chi connectivity index (χ3v) is 7.75. The van der Waals surface area contributed by atoms with Crippen molar-refractivity contribution in [2.45, 2.75) is 38.5 Å². The van der Waals surface area contributed by atoms with E-state index in [1.807, 2.05) is 24.3 Å². The van der Waals surface area contributed by atoms with Crippen molar-refractivity contribution in [2.75, 3.05) is 25.1 Å². The number of halogens is 1. The molecule has 0 aliphatic carbocycles. The van der Waals surface area contributed by atoms with Crippen LogP contribution in [0.3, 0.4) is 0 Å². The molecule has 11 nitrogen and oxygen atoms in total. The van der Waals surface area contributed by atoms with Gasteiger partial charge in [-0.1, -0.05) is 35.9 Å². The van der Waals surface area contributed by atoms with Crippen LogP contribution in [0.25, 0.3) is 22.3 Å². The molecule has 1 fully saturated rings. The fraction of sp³-hybridized carbons (Fsp3) is 0.345. The average Bonchev–Trinajstić information content (AvgIpc) is 3.30. The number of methoxy groups -OCH3 is 1. The smallest absolute Gasteiger partial charge is 0.337 e. The highest BCUT2D eigenvalue weighted by molar-refractivity contribution is 6.33. The Morgan fingerprint density at radius 2 is 1.83 bits per heavy atom. The number of esters is 1. The molecule has 4 aromatic rings. The highest BCUT2D eigenvalue weighted by atomic mass is 35.5. The first-order valence-corrected chi connectivity index (χ1v) is 13.6. The summed E-state index contributed by atoms with van der Waals surface area (Å²) in [4.78, 5) is 43.0. The minimum absolute atomic E-state index is 0.0847. The van der Waals surface area contributed by atoms with Crippen molar-refractivity contribution in [1.82, 2.24) is 24.6 Å². The van der Waals surface area contributed by atoms with E-state index in [9.17, 15) is 19.5 Å². The lowest BCUT2D eigenvalue weighted by atomic mass is 9.91. The van der Waals surface area contributed by atoms with Crippen LogP contribution < -0.4 is 15.8 Å². The number of nitrogens with zero attached hydrogens (tertiary/aromatic N) is 5. The maximum Gasteiger partial charge on any atom is 0.337 e. The van der Waals surface area contributed by atoms with Gasteiger partial charge < -0.3 is 20.1 Å². The van der Waals surface area contributed by atoms with Crippen LogP contribution >= 0.6 is 11.6 Å². The van der Waals surface area contributed by atoms with E-state index < -0.39 is 11.6 Å². The number of nitrogens with one attached hydrogen (secondary N) is 1. The molecular weight excluding hydrogens is 548 g/mol. The van der Waals surface area contributed by atoms with Gasteiger partial charge in [0.05, 0.1) is 47.6 Å². The molecule has 0 bridgehead atoms. The minimum atomic E-state index is -1.12. The Labute approximate surface area is 241 Å². The lowest BCUT2D eigenvalue weighted by Crippen LogP contribution is -2.48. The predicted molar refractivity (Wildman–Crippen MR) is 155 cm³/mol. The van der Waals surface area contributed by atoms with Crippen LogP contribution in [0.5, 0.6) is 0 Å². The van der Waals surface area contributed by atoms with Crippen molar-refractivity contribution in [3.63, 3.8) is 0 Å². The number of carbonyl (C=O) groups is 2. The van der Waals surface area contributed by atoms with Crippen LogP contribution in [0.1, 0.15) is 35.7 Å². The number of hydrogen-bond donors (Lipinski definition) is 2. The number of carbonyl (C=O) groups excluding carboxylic acids is 2. The van der Waals surface area contributed by atoms with Gasteiger partial charge in [-0.25, -0.2) is 9.78 Å². The molecule has 5 rings (SSSR count). The third kappa shape index (κ3) is 5.82. The Morgan fingerprint density at radius 3 is 2.46 bits per heavy atom. The molecular formula is C29H31ClN6O5. The van der Waals surface area contributed by atoms with Crippen molar-refractivity contribution >= 4 is 40.2 Å². The number of rotatable bonds is 7. The van der Waals surface area contributed by atoms with Gasteiger partial charge in [-0.15, -0.1) is 0 Å². The highest BCUT2D eigenvalue weighted by Gasteiger charge is 2.34. The molecule has 3 heterocycles. The van der Waals surface area contributed by atoms with Crippen LogP contribution in [-0.2, 0) is 29.7 Å². The lowest BCUT2D eigenvalue weighted by Gasteiger charge is -2.39. The quantitative estimate of drug-likeness (QED) is 0.320. The van der Waals surface area contributed by atoms with E-state index in [-0.39, 0.29) is 23.5 Å². The zero-order chi connectivity index (χ0) is 29.3. The van der Waals surface area contributed by atoms with E-state index in [0.717, 1.165) is 16.8 Å². The van der Waals surface area contributed by atoms with Gasteiger partial charge in [0.15, 0.2) is 5.52 Å². The van der Waals surface area contributed by atoms with Gasteiger partial charge >= 0.3 is 5.97 Å². The van der Waals surface area contributed by atoms with Crippen molar-refractivity contribution in [3.8, 4) is 11.3 Å². The molecule has 41 heavy (non-hydrogen) atoms. The summed E-state index contributed by atoms with van der Waals surface area (Å²) in [6.07, 6.45) is 2.28. The van der Waals surface area contributed by atoms with E-state index in [2.05, 4.69) is 20.3 Å². The molecule has 0 spiro atoms. The topological polar surface area (TPSA) is 132 Å². The SMILES string of the molecule is COC(=O)c1ccc(N2CCC(O)(Cn3cnc4c(-c5ccc(CNC(C)=O)cc5)n(C)nc4c3=O)CC2)c(Cl)c1. The molecule has 0 radical (unpaired) electrons. The van der Waals surface area contributed by atoms with Crippen LogP contribution in [0.2, 0.25) is 5.02 Å². The second kappa shape index (κ2) is 11.3. The maximum atomic E-state index is 13.4. The highest BCUT2D eigenvalue weighted by Crippen LogP contribution is 2.33. The number of hydrogen-bond acceptors (Lipinski definition) is 8. The van der Waals surface area contributed by atoms with Gasteiger partial charge in [0.2, 0.25) is 5.91 Å². The summed E-state index contributed by atoms with van der Waals surface area (Å²) < 4.78 is 7.81. The number of aromatic nitrogens is 4. The molecule has 214 valence electrons. The number of fused-ring (bicyclic) bond motifs is 1. The fourth-order valence-corrected chi connectivity index (χ4v) is 5.49. The number of aryl methyl sites for hydroxylation is 1. The number of ether oxygens (including phenoxy) is 1. The van der Waals surface area contributed by atoms with Crippen molar-refractivity contribution < 1.29 is 19.4 Å². The molecule has 1 aliphatic heterocycles. The lowest BCUT2D eigenvalue weighted by molar-refractivity contribution is -0.119. The summed E-state index contributed by atoms with van der Waals surface area (Å²) in [5, 5.41) is 19.0. The molecule has 1 amide bonds. The largest absolute Gasteiger partial charge is 0.465 e. The van der Waals surface area contributed by atoms with E-state index in [1.54, 1.807) is 29.9 Å². The van der Waals surface area contributed by atoms with Crippen molar-refractivity contribution in [3.05, 3.63) is 75.3 Å². The van der Waals surface area contributed by atoms with Crippen LogP contribution in [0, 0.1) is 0 Å². The average molecular weight is 579 g/mol. The molecule has 1 aliphatic rings. The molecule has 2 aromatic carbocycles. The number of benzene rings is 2. The Balaban J connectivity index is 1.31. The summed E-state index contributed by atoms with van der Waals surface area (Å²) in [7, 11) is 3.08. The number of anilines is 1. The van der Waals surface area contributed by atoms with Gasteiger partial charge in [-0.3, -0.25) is 18.8 Å². The zero-order valence-electron chi connectivity index (χ0n) is 23.1. The van der Waals surface area contributed by atoms with Crippen LogP contribution in [0.4, 0.5) is 5.69 Å². The van der Waals surface area contributed by atoms with Crippen molar-refractivity contribution in [1.29, 1.82) is 0 Å². The second-order valence-corrected chi connectivity index (χ2v) is 10.7. The summed E-state index contributed by atoms with van der Waals surface area (Å²) in [6, 6.07) is 12.7. The van der Waals surface area contributed by atoms with Crippen LogP contribution in [-0.4, -0.2) is 62.1 Å². The molecule has 1 saturated heterocycles. The Bertz CT molecular complexity index is 1670. The molecule has 0 atom stereocenters. The zero-order valence-corrected chi connectivity index (χ0v) is 23.8. The minimum Gasteiger partial charge on any atom is -0.465 e. The Kier molecular flexibility index (Phi) is 7.83. The third-order valence-electron chi connectivity index (χ3n) is 7.45. The summed E-state index contributed by atoms with van der Waals surface area (Å²) in [5.41, 5.74) is 2.91. The van der Waals surface area contributed by atoms with E-state index in [1.165, 1.54) is 24.9 Å². The van der Waals surface area contributed by atoms with E-state index >= 15 is 0 Å². The van der Waals surface area contributed by atoms with Gasteiger partial charge in [-0.2, -0.15) is 5.10 Å². The first-order chi connectivity index (χ1) is 19.6. The normalized spacial score (nSPS) is 14.7. The molecule has 2 aromatic heterocycles. The number of piperidine rings is 1.